The third-order valence-electron chi connectivity index (χ3n) is 4.44. The van der Waals surface area contributed by atoms with Crippen molar-refractivity contribution in [1.82, 2.24) is 46.3 Å². The van der Waals surface area contributed by atoms with Gasteiger partial charge in [0.2, 0.25) is 5.82 Å². The van der Waals surface area contributed by atoms with Crippen molar-refractivity contribution in [3.8, 4) is 11.4 Å². The molecule has 3 aromatic rings. The number of hydrogen-bond donors (Lipinski definition) is 3. The van der Waals surface area contributed by atoms with Gasteiger partial charge in [0, 0.05) is 12.1 Å². The van der Waals surface area contributed by atoms with Crippen molar-refractivity contribution in [2.45, 2.75) is 25.4 Å². The van der Waals surface area contributed by atoms with Gasteiger partial charge in [-0.2, -0.15) is 5.21 Å². The number of carbonyl (C=O) groups is 1. The molecule has 1 saturated heterocycles. The number of hydrogen-bond acceptors (Lipinski definition) is 7. The summed E-state index contributed by atoms with van der Waals surface area (Å²) in [7, 11) is 0. The van der Waals surface area contributed by atoms with Crippen molar-refractivity contribution in [2.24, 2.45) is 0 Å². The standard InChI is InChI=1S/C16H19N9O/c26-16(14-10-25(24-19-14)13-5-7-17-8-6-13)18-9-11-1-3-12(4-2-11)15-20-22-23-21-15/h1-4,10,13,17H,5-9H2,(H,18,26)(H,20,21,22,23). The normalized spacial score (nSPS) is 15.1. The highest BCUT2D eigenvalue weighted by Crippen LogP contribution is 2.17. The van der Waals surface area contributed by atoms with Crippen molar-refractivity contribution >= 4 is 5.91 Å². The largest absolute Gasteiger partial charge is 0.347 e. The van der Waals surface area contributed by atoms with E-state index in [1.54, 1.807) is 10.9 Å². The van der Waals surface area contributed by atoms with Crippen LogP contribution in [0.25, 0.3) is 11.4 Å². The van der Waals surface area contributed by atoms with Gasteiger partial charge in [0.1, 0.15) is 0 Å². The third-order valence-corrected chi connectivity index (χ3v) is 4.44. The Morgan fingerprint density at radius 1 is 1.19 bits per heavy atom. The molecule has 1 amide bonds. The van der Waals surface area contributed by atoms with Crippen LogP contribution in [0.3, 0.4) is 0 Å². The van der Waals surface area contributed by atoms with Crippen LogP contribution in [0.4, 0.5) is 0 Å². The maximum absolute atomic E-state index is 12.3. The van der Waals surface area contributed by atoms with Crippen molar-refractivity contribution in [3.05, 3.63) is 41.7 Å². The summed E-state index contributed by atoms with van der Waals surface area (Å²) in [5.41, 5.74) is 2.17. The molecule has 0 bridgehead atoms. The number of amides is 1. The van der Waals surface area contributed by atoms with E-state index in [4.69, 9.17) is 0 Å². The van der Waals surface area contributed by atoms with E-state index in [9.17, 15) is 4.79 Å². The smallest absolute Gasteiger partial charge is 0.273 e. The van der Waals surface area contributed by atoms with Gasteiger partial charge in [0.25, 0.3) is 5.91 Å². The molecule has 3 N–H and O–H groups in total. The quantitative estimate of drug-likeness (QED) is 0.602. The Kier molecular flexibility index (Phi) is 4.65. The topological polar surface area (TPSA) is 126 Å². The van der Waals surface area contributed by atoms with Crippen molar-refractivity contribution < 1.29 is 4.79 Å². The predicted octanol–water partition coefficient (Wildman–Crippen LogP) is 0.313. The molecule has 3 heterocycles. The van der Waals surface area contributed by atoms with E-state index < -0.39 is 0 Å². The first-order chi connectivity index (χ1) is 12.8. The Labute approximate surface area is 149 Å². The van der Waals surface area contributed by atoms with Crippen LogP contribution in [0.15, 0.2) is 30.5 Å². The van der Waals surface area contributed by atoms with Gasteiger partial charge < -0.3 is 10.6 Å². The molecule has 0 spiro atoms. The van der Waals surface area contributed by atoms with Gasteiger partial charge in [-0.1, -0.05) is 29.5 Å². The van der Waals surface area contributed by atoms with Gasteiger partial charge in [-0.3, -0.25) is 4.79 Å². The van der Waals surface area contributed by atoms with Crippen molar-refractivity contribution in [3.63, 3.8) is 0 Å². The highest BCUT2D eigenvalue weighted by molar-refractivity contribution is 5.91. The SMILES string of the molecule is O=C(NCc1ccc(-c2nn[nH]n2)cc1)c1cn(C2CCNCC2)nn1. The lowest BCUT2D eigenvalue weighted by Gasteiger charge is -2.22. The number of nitrogens with one attached hydrogen (secondary N) is 3. The van der Waals surface area contributed by atoms with Crippen LogP contribution in [0, 0.1) is 0 Å². The zero-order valence-electron chi connectivity index (χ0n) is 14.1. The number of benzene rings is 1. The number of aromatic nitrogens is 7. The molecular formula is C16H19N9O. The summed E-state index contributed by atoms with van der Waals surface area (Å²) in [6.45, 7) is 2.34. The minimum Gasteiger partial charge on any atom is -0.347 e. The van der Waals surface area contributed by atoms with E-state index in [0.29, 0.717) is 24.1 Å². The summed E-state index contributed by atoms with van der Waals surface area (Å²) in [4.78, 5) is 12.3. The zero-order chi connectivity index (χ0) is 17.8. The van der Waals surface area contributed by atoms with E-state index in [1.807, 2.05) is 24.3 Å². The number of rotatable bonds is 5. The molecule has 1 aromatic carbocycles. The highest BCUT2D eigenvalue weighted by atomic mass is 16.2. The molecule has 0 atom stereocenters. The molecule has 0 radical (unpaired) electrons. The molecule has 26 heavy (non-hydrogen) atoms. The van der Waals surface area contributed by atoms with E-state index in [-0.39, 0.29) is 5.91 Å². The van der Waals surface area contributed by atoms with E-state index in [2.05, 4.69) is 41.6 Å². The molecule has 1 fully saturated rings. The van der Waals surface area contributed by atoms with Crippen LogP contribution < -0.4 is 10.6 Å². The van der Waals surface area contributed by atoms with Crippen LogP contribution in [-0.4, -0.2) is 54.6 Å². The van der Waals surface area contributed by atoms with Gasteiger partial charge in [-0.25, -0.2) is 4.68 Å². The predicted molar refractivity (Wildman–Crippen MR) is 91.9 cm³/mol. The summed E-state index contributed by atoms with van der Waals surface area (Å²) >= 11 is 0. The van der Waals surface area contributed by atoms with Gasteiger partial charge in [0.15, 0.2) is 5.69 Å². The van der Waals surface area contributed by atoms with E-state index in [0.717, 1.165) is 37.1 Å². The second kappa shape index (κ2) is 7.40. The van der Waals surface area contributed by atoms with Crippen LogP contribution in [0.1, 0.15) is 34.9 Å². The molecule has 0 saturated carbocycles. The fourth-order valence-corrected chi connectivity index (χ4v) is 2.96. The summed E-state index contributed by atoms with van der Waals surface area (Å²) in [5.74, 6) is 0.308. The molecule has 1 aliphatic heterocycles. The van der Waals surface area contributed by atoms with Crippen LogP contribution in [-0.2, 0) is 6.54 Å². The number of nitrogens with zero attached hydrogens (tertiary/aromatic N) is 6. The minimum atomic E-state index is -0.229. The molecule has 0 unspecified atom stereocenters. The van der Waals surface area contributed by atoms with Crippen LogP contribution in [0.2, 0.25) is 0 Å². The second-order valence-corrected chi connectivity index (χ2v) is 6.18. The molecule has 1 aliphatic rings. The van der Waals surface area contributed by atoms with Gasteiger partial charge >= 0.3 is 0 Å². The van der Waals surface area contributed by atoms with E-state index >= 15 is 0 Å². The number of tetrazole rings is 1. The van der Waals surface area contributed by atoms with Gasteiger partial charge in [-0.05, 0) is 36.7 Å². The molecule has 0 aliphatic carbocycles. The monoisotopic (exact) mass is 353 g/mol. The lowest BCUT2D eigenvalue weighted by molar-refractivity contribution is 0.0946. The molecule has 2 aromatic heterocycles. The van der Waals surface area contributed by atoms with Crippen LogP contribution in [0.5, 0.6) is 0 Å². The summed E-state index contributed by atoms with van der Waals surface area (Å²) in [6, 6.07) is 7.91. The van der Waals surface area contributed by atoms with Crippen molar-refractivity contribution in [1.29, 1.82) is 0 Å². The van der Waals surface area contributed by atoms with Crippen LogP contribution >= 0.6 is 0 Å². The molecular weight excluding hydrogens is 334 g/mol. The fraction of sp³-hybridized carbons (Fsp3) is 0.375. The lowest BCUT2D eigenvalue weighted by atomic mass is 10.1. The first-order valence-corrected chi connectivity index (χ1v) is 8.53. The maximum Gasteiger partial charge on any atom is 0.273 e. The Bertz CT molecular complexity index is 850. The number of piperidine rings is 1. The average molecular weight is 353 g/mol. The second-order valence-electron chi connectivity index (χ2n) is 6.18. The Morgan fingerprint density at radius 3 is 2.73 bits per heavy atom. The van der Waals surface area contributed by atoms with E-state index in [1.165, 1.54) is 0 Å². The summed E-state index contributed by atoms with van der Waals surface area (Å²) in [6.07, 6.45) is 3.72. The number of H-pyrrole nitrogens is 1. The van der Waals surface area contributed by atoms with Gasteiger partial charge in [0.05, 0.1) is 12.2 Å². The molecule has 4 rings (SSSR count). The molecule has 134 valence electrons. The molecule has 10 nitrogen and oxygen atoms in total. The maximum atomic E-state index is 12.3. The Balaban J connectivity index is 1.34. The van der Waals surface area contributed by atoms with Gasteiger partial charge in [-0.15, -0.1) is 15.3 Å². The zero-order valence-corrected chi connectivity index (χ0v) is 14.1. The highest BCUT2D eigenvalue weighted by Gasteiger charge is 2.18. The summed E-state index contributed by atoms with van der Waals surface area (Å²) in [5, 5.41) is 28.1. The minimum absolute atomic E-state index is 0.229. The Hall–Kier alpha value is -3.14. The summed E-state index contributed by atoms with van der Waals surface area (Å²) < 4.78 is 1.80. The first kappa shape index (κ1) is 16.3. The fourth-order valence-electron chi connectivity index (χ4n) is 2.96. The lowest BCUT2D eigenvalue weighted by Crippen LogP contribution is -2.29. The Morgan fingerprint density at radius 2 is 2.00 bits per heavy atom. The average Bonchev–Trinajstić information content (AvgIpc) is 3.39. The first-order valence-electron chi connectivity index (χ1n) is 8.53. The van der Waals surface area contributed by atoms with Crippen molar-refractivity contribution in [2.75, 3.05) is 13.1 Å². The number of aromatic amines is 1. The molecule has 10 heteroatoms. The third kappa shape index (κ3) is 3.59. The number of carbonyl (C=O) groups excluding carboxylic acids is 1.